The van der Waals surface area contributed by atoms with Gasteiger partial charge in [0.05, 0.1) is 17.0 Å². The predicted molar refractivity (Wildman–Crippen MR) is 55.7 cm³/mol. The molecule has 1 aliphatic rings. The van der Waals surface area contributed by atoms with Crippen molar-refractivity contribution in [1.82, 2.24) is 5.32 Å². The van der Waals surface area contributed by atoms with Crippen molar-refractivity contribution in [2.45, 2.75) is 12.5 Å². The van der Waals surface area contributed by atoms with Crippen LogP contribution in [0.15, 0.2) is 6.07 Å². The first-order valence-electron chi connectivity index (χ1n) is 4.35. The molecule has 2 nitrogen and oxygen atoms in total. The number of hydrogen-bond acceptors (Lipinski definition) is 3. The van der Waals surface area contributed by atoms with Gasteiger partial charge in [-0.05, 0) is 18.7 Å². The van der Waals surface area contributed by atoms with Crippen molar-refractivity contribution in [3.63, 3.8) is 0 Å². The van der Waals surface area contributed by atoms with Crippen molar-refractivity contribution >= 4 is 22.9 Å². The minimum atomic E-state index is 0.192. The lowest BCUT2D eigenvalue weighted by atomic mass is 10.1. The lowest BCUT2D eigenvalue weighted by Gasteiger charge is -2.22. The molecule has 1 unspecified atom stereocenters. The van der Waals surface area contributed by atoms with Crippen LogP contribution in [0.25, 0.3) is 0 Å². The number of likely N-dealkylation sites (N-methyl/N-ethyl adjacent to an activating group) is 1. The average molecular weight is 218 g/mol. The summed E-state index contributed by atoms with van der Waals surface area (Å²) >= 11 is 7.64. The van der Waals surface area contributed by atoms with Gasteiger partial charge in [-0.3, -0.25) is 0 Å². The molecule has 0 amide bonds. The van der Waals surface area contributed by atoms with Crippen molar-refractivity contribution in [1.29, 1.82) is 0 Å². The molecule has 0 bridgehead atoms. The number of thiophene rings is 1. The van der Waals surface area contributed by atoms with Gasteiger partial charge in [-0.15, -0.1) is 11.3 Å². The first-order chi connectivity index (χ1) is 6.31. The molecule has 13 heavy (non-hydrogen) atoms. The zero-order valence-corrected chi connectivity index (χ0v) is 9.04. The van der Waals surface area contributed by atoms with Gasteiger partial charge in [-0.1, -0.05) is 11.6 Å². The quantitative estimate of drug-likeness (QED) is 0.821. The van der Waals surface area contributed by atoms with Gasteiger partial charge in [-0.25, -0.2) is 0 Å². The fraction of sp³-hybridized carbons (Fsp3) is 0.556. The molecule has 0 fully saturated rings. The Morgan fingerprint density at radius 1 is 1.77 bits per heavy atom. The first kappa shape index (κ1) is 9.46. The van der Waals surface area contributed by atoms with Gasteiger partial charge in [-0.2, -0.15) is 0 Å². The highest BCUT2D eigenvalue weighted by Gasteiger charge is 2.22. The summed E-state index contributed by atoms with van der Waals surface area (Å²) in [5, 5.41) is 3.12. The first-order valence-corrected chi connectivity index (χ1v) is 5.55. The second-order valence-electron chi connectivity index (χ2n) is 3.10. The van der Waals surface area contributed by atoms with Crippen molar-refractivity contribution < 1.29 is 4.74 Å². The Labute approximate surface area is 86.9 Å². The van der Waals surface area contributed by atoms with Gasteiger partial charge in [0.25, 0.3) is 0 Å². The van der Waals surface area contributed by atoms with Gasteiger partial charge in [0.15, 0.2) is 0 Å². The molecule has 0 saturated heterocycles. The minimum Gasteiger partial charge on any atom is -0.372 e. The smallest absolute Gasteiger partial charge is 0.0960 e. The Hall–Kier alpha value is -0.0900. The second kappa shape index (κ2) is 3.96. The summed E-state index contributed by atoms with van der Waals surface area (Å²) < 4.78 is 6.52. The van der Waals surface area contributed by atoms with Crippen LogP contribution in [-0.4, -0.2) is 20.2 Å². The van der Waals surface area contributed by atoms with Crippen LogP contribution in [0.5, 0.6) is 0 Å². The van der Waals surface area contributed by atoms with Crippen LogP contribution >= 0.6 is 22.9 Å². The number of ether oxygens (including phenoxy) is 1. The normalized spacial score (nSPS) is 21.5. The number of halogens is 1. The standard InChI is InChI=1S/C9H12ClNOS/c1-11-5-7-6-4-9(10)13-8(6)2-3-12-7/h4,7,11H,2-3,5H2,1H3. The molecule has 0 aliphatic carbocycles. The van der Waals surface area contributed by atoms with Crippen LogP contribution < -0.4 is 5.32 Å². The summed E-state index contributed by atoms with van der Waals surface area (Å²) in [6, 6.07) is 2.03. The SMILES string of the molecule is CNCC1OCCc2sc(Cl)cc21. The fourth-order valence-corrected chi connectivity index (χ4v) is 2.93. The van der Waals surface area contributed by atoms with Gasteiger partial charge in [0.2, 0.25) is 0 Å². The fourth-order valence-electron chi connectivity index (χ4n) is 1.61. The maximum absolute atomic E-state index is 5.96. The molecule has 1 aromatic rings. The summed E-state index contributed by atoms with van der Waals surface area (Å²) in [7, 11) is 1.94. The highest BCUT2D eigenvalue weighted by molar-refractivity contribution is 7.16. The molecule has 0 aromatic carbocycles. The van der Waals surface area contributed by atoms with Crippen LogP contribution in [0.2, 0.25) is 4.34 Å². The summed E-state index contributed by atoms with van der Waals surface area (Å²) in [5.74, 6) is 0. The monoisotopic (exact) mass is 217 g/mol. The van der Waals surface area contributed by atoms with Crippen LogP contribution in [0.3, 0.4) is 0 Å². The van der Waals surface area contributed by atoms with E-state index in [2.05, 4.69) is 5.32 Å². The second-order valence-corrected chi connectivity index (χ2v) is 4.86. The zero-order valence-electron chi connectivity index (χ0n) is 7.47. The van der Waals surface area contributed by atoms with Gasteiger partial charge >= 0.3 is 0 Å². The van der Waals surface area contributed by atoms with Gasteiger partial charge < -0.3 is 10.1 Å². The Morgan fingerprint density at radius 2 is 2.62 bits per heavy atom. The molecular weight excluding hydrogens is 206 g/mol. The molecule has 2 rings (SSSR count). The third-order valence-corrected chi connectivity index (χ3v) is 3.54. The number of fused-ring (bicyclic) bond motifs is 1. The summed E-state index contributed by atoms with van der Waals surface area (Å²) in [6.45, 7) is 1.68. The van der Waals surface area contributed by atoms with Crippen molar-refractivity contribution in [2.75, 3.05) is 20.2 Å². The van der Waals surface area contributed by atoms with E-state index in [1.807, 2.05) is 13.1 Å². The zero-order chi connectivity index (χ0) is 9.26. The predicted octanol–water partition coefficient (Wildman–Crippen LogP) is 2.23. The van der Waals surface area contributed by atoms with E-state index in [9.17, 15) is 0 Å². The molecule has 72 valence electrons. The molecule has 1 aliphatic heterocycles. The van der Waals surface area contributed by atoms with Crippen LogP contribution in [-0.2, 0) is 11.2 Å². The largest absolute Gasteiger partial charge is 0.372 e. The van der Waals surface area contributed by atoms with Crippen LogP contribution in [0.4, 0.5) is 0 Å². The lowest BCUT2D eigenvalue weighted by molar-refractivity contribution is 0.0451. The van der Waals surface area contributed by atoms with Crippen molar-refractivity contribution in [3.8, 4) is 0 Å². The van der Waals surface area contributed by atoms with Crippen LogP contribution in [0, 0.1) is 0 Å². The summed E-state index contributed by atoms with van der Waals surface area (Å²) in [5.41, 5.74) is 1.27. The average Bonchev–Trinajstić information content (AvgIpc) is 2.47. The molecule has 0 saturated carbocycles. The third kappa shape index (κ3) is 1.89. The molecule has 1 atom stereocenters. The van der Waals surface area contributed by atoms with Crippen LogP contribution in [0.1, 0.15) is 16.5 Å². The molecule has 1 aromatic heterocycles. The number of rotatable bonds is 2. The Morgan fingerprint density at radius 3 is 3.38 bits per heavy atom. The Balaban J connectivity index is 2.25. The van der Waals surface area contributed by atoms with E-state index in [4.69, 9.17) is 16.3 Å². The highest BCUT2D eigenvalue weighted by atomic mass is 35.5. The van der Waals surface area contributed by atoms with Gasteiger partial charge in [0, 0.05) is 17.8 Å². The molecule has 1 N–H and O–H groups in total. The van der Waals surface area contributed by atoms with Gasteiger partial charge in [0.1, 0.15) is 0 Å². The van der Waals surface area contributed by atoms with E-state index in [1.54, 1.807) is 11.3 Å². The van der Waals surface area contributed by atoms with E-state index in [0.717, 1.165) is 23.9 Å². The Kier molecular flexibility index (Phi) is 2.89. The Bertz CT molecular complexity index is 300. The van der Waals surface area contributed by atoms with E-state index < -0.39 is 0 Å². The summed E-state index contributed by atoms with van der Waals surface area (Å²) in [6.07, 6.45) is 1.20. The van der Waals surface area contributed by atoms with E-state index in [0.29, 0.717) is 0 Å². The molecule has 2 heterocycles. The molecule has 0 spiro atoms. The summed E-state index contributed by atoms with van der Waals surface area (Å²) in [4.78, 5) is 1.39. The van der Waals surface area contributed by atoms with E-state index in [1.165, 1.54) is 10.4 Å². The van der Waals surface area contributed by atoms with Crippen molar-refractivity contribution in [3.05, 3.63) is 20.8 Å². The minimum absolute atomic E-state index is 0.192. The third-order valence-electron chi connectivity index (χ3n) is 2.20. The van der Waals surface area contributed by atoms with E-state index >= 15 is 0 Å². The molecule has 4 heteroatoms. The van der Waals surface area contributed by atoms with Crippen molar-refractivity contribution in [2.24, 2.45) is 0 Å². The number of hydrogen-bond donors (Lipinski definition) is 1. The van der Waals surface area contributed by atoms with E-state index in [-0.39, 0.29) is 6.10 Å². The molecular formula is C9H12ClNOS. The topological polar surface area (TPSA) is 21.3 Å². The lowest BCUT2D eigenvalue weighted by Crippen LogP contribution is -2.24. The molecule has 0 radical (unpaired) electrons. The highest BCUT2D eigenvalue weighted by Crippen LogP contribution is 2.35. The number of nitrogens with one attached hydrogen (secondary N) is 1. The maximum Gasteiger partial charge on any atom is 0.0960 e. The maximum atomic E-state index is 5.96.